The number of hydrogen-bond donors (Lipinski definition) is 1. The van der Waals surface area contributed by atoms with E-state index in [9.17, 15) is 0 Å². The predicted octanol–water partition coefficient (Wildman–Crippen LogP) is 3.63. The van der Waals surface area contributed by atoms with Gasteiger partial charge in [-0.15, -0.1) is 0 Å². The number of hydrogen-bond acceptors (Lipinski definition) is 2. The highest BCUT2D eigenvalue weighted by Gasteiger charge is 2.21. The van der Waals surface area contributed by atoms with Crippen LogP contribution < -0.4 is 5.32 Å². The Balaban J connectivity index is 1.93. The van der Waals surface area contributed by atoms with Gasteiger partial charge in [-0.1, -0.05) is 44.5 Å². The van der Waals surface area contributed by atoms with Crippen LogP contribution in [-0.2, 0) is 6.42 Å². The molecule has 1 aliphatic carbocycles. The maximum Gasteiger partial charge on any atom is 0.0449 e. The molecule has 0 saturated heterocycles. The molecule has 1 aromatic rings. The van der Waals surface area contributed by atoms with Crippen LogP contribution in [0, 0.1) is 5.92 Å². The van der Waals surface area contributed by atoms with Gasteiger partial charge >= 0.3 is 0 Å². The molecule has 1 saturated carbocycles. The molecule has 1 atom stereocenters. The molecule has 20 heavy (non-hydrogen) atoms. The van der Waals surface area contributed by atoms with Crippen molar-refractivity contribution in [3.8, 4) is 0 Å². The molecule has 0 bridgehead atoms. The number of aryl methyl sites for hydroxylation is 1. The van der Waals surface area contributed by atoms with Crippen molar-refractivity contribution in [2.75, 3.05) is 26.7 Å². The van der Waals surface area contributed by atoms with Crippen molar-refractivity contribution >= 4 is 0 Å². The lowest BCUT2D eigenvalue weighted by atomic mass is 9.85. The van der Waals surface area contributed by atoms with Crippen LogP contribution in [0.15, 0.2) is 24.3 Å². The molecule has 2 heteroatoms. The Kier molecular flexibility index (Phi) is 6.06. The van der Waals surface area contributed by atoms with E-state index in [1.165, 1.54) is 36.9 Å². The lowest BCUT2D eigenvalue weighted by Crippen LogP contribution is -2.37. The molecule has 1 N–H and O–H groups in total. The third-order valence-electron chi connectivity index (χ3n) is 4.53. The zero-order valence-electron chi connectivity index (χ0n) is 13.4. The zero-order chi connectivity index (χ0) is 14.4. The molecule has 1 aliphatic rings. The van der Waals surface area contributed by atoms with E-state index in [0.29, 0.717) is 6.04 Å². The standard InChI is InChI=1S/C18H30N2/c1-4-15-9-11-17(12-10-15)18(19-5-2)14-20(3)13-16-7-6-8-16/h9-12,16,18-19H,4-8,13-14H2,1-3H3. The summed E-state index contributed by atoms with van der Waals surface area (Å²) in [4.78, 5) is 2.50. The predicted molar refractivity (Wildman–Crippen MR) is 87.1 cm³/mol. The van der Waals surface area contributed by atoms with E-state index in [0.717, 1.165) is 25.4 Å². The van der Waals surface area contributed by atoms with Crippen LogP contribution in [0.2, 0.25) is 0 Å². The minimum absolute atomic E-state index is 0.455. The summed E-state index contributed by atoms with van der Waals surface area (Å²) < 4.78 is 0. The second-order valence-electron chi connectivity index (χ2n) is 6.22. The van der Waals surface area contributed by atoms with Crippen LogP contribution >= 0.6 is 0 Å². The van der Waals surface area contributed by atoms with Crippen molar-refractivity contribution in [1.29, 1.82) is 0 Å². The second-order valence-corrected chi connectivity index (χ2v) is 6.22. The van der Waals surface area contributed by atoms with Crippen LogP contribution in [0.4, 0.5) is 0 Å². The maximum atomic E-state index is 3.63. The normalized spacial score (nSPS) is 17.2. The molecule has 0 amide bonds. The largest absolute Gasteiger partial charge is 0.309 e. The van der Waals surface area contributed by atoms with Crippen molar-refractivity contribution in [2.24, 2.45) is 5.92 Å². The summed E-state index contributed by atoms with van der Waals surface area (Å²) in [5.74, 6) is 0.949. The van der Waals surface area contributed by atoms with Crippen molar-refractivity contribution < 1.29 is 0 Å². The van der Waals surface area contributed by atoms with Gasteiger partial charge in [0.1, 0.15) is 0 Å². The summed E-state index contributed by atoms with van der Waals surface area (Å²) in [6.07, 6.45) is 5.42. The van der Waals surface area contributed by atoms with Gasteiger partial charge in [-0.25, -0.2) is 0 Å². The maximum absolute atomic E-state index is 3.63. The number of nitrogens with one attached hydrogen (secondary N) is 1. The third-order valence-corrected chi connectivity index (χ3v) is 4.53. The topological polar surface area (TPSA) is 15.3 Å². The Labute approximate surface area is 124 Å². The fourth-order valence-corrected chi connectivity index (χ4v) is 3.02. The fourth-order valence-electron chi connectivity index (χ4n) is 3.02. The highest BCUT2D eigenvalue weighted by Crippen LogP contribution is 2.27. The van der Waals surface area contributed by atoms with Gasteiger partial charge in [0.2, 0.25) is 0 Å². The third kappa shape index (κ3) is 4.32. The smallest absolute Gasteiger partial charge is 0.0449 e. The van der Waals surface area contributed by atoms with E-state index in [1.54, 1.807) is 0 Å². The Hall–Kier alpha value is -0.860. The number of rotatable bonds is 8. The van der Waals surface area contributed by atoms with Crippen LogP contribution in [0.5, 0.6) is 0 Å². The first kappa shape index (κ1) is 15.5. The quantitative estimate of drug-likeness (QED) is 0.778. The van der Waals surface area contributed by atoms with Crippen molar-refractivity contribution in [3.63, 3.8) is 0 Å². The van der Waals surface area contributed by atoms with E-state index in [2.05, 4.69) is 55.4 Å². The summed E-state index contributed by atoms with van der Waals surface area (Å²) in [5.41, 5.74) is 2.84. The number of benzene rings is 1. The first-order chi connectivity index (χ1) is 9.72. The Morgan fingerprint density at radius 2 is 1.90 bits per heavy atom. The highest BCUT2D eigenvalue weighted by atomic mass is 15.1. The van der Waals surface area contributed by atoms with Gasteiger partial charge in [0, 0.05) is 19.1 Å². The molecular formula is C18H30N2. The Bertz CT molecular complexity index is 381. The SMILES string of the molecule is CCNC(CN(C)CC1CCC1)c1ccc(CC)cc1. The first-order valence-electron chi connectivity index (χ1n) is 8.23. The van der Waals surface area contributed by atoms with E-state index >= 15 is 0 Å². The molecule has 0 spiro atoms. The van der Waals surface area contributed by atoms with Crippen LogP contribution in [0.3, 0.4) is 0 Å². The summed E-state index contributed by atoms with van der Waals surface area (Å²) in [6, 6.07) is 9.58. The average Bonchev–Trinajstić information content (AvgIpc) is 2.43. The highest BCUT2D eigenvalue weighted by molar-refractivity contribution is 5.25. The number of nitrogens with zero attached hydrogens (tertiary/aromatic N) is 1. The van der Waals surface area contributed by atoms with Crippen molar-refractivity contribution in [2.45, 2.75) is 45.6 Å². The molecule has 0 radical (unpaired) electrons. The monoisotopic (exact) mass is 274 g/mol. The molecule has 2 rings (SSSR count). The van der Waals surface area contributed by atoms with Gasteiger partial charge in [-0.05, 0) is 49.9 Å². The van der Waals surface area contributed by atoms with Crippen molar-refractivity contribution in [3.05, 3.63) is 35.4 Å². The molecule has 1 aromatic carbocycles. The van der Waals surface area contributed by atoms with Crippen LogP contribution in [-0.4, -0.2) is 31.6 Å². The second kappa shape index (κ2) is 7.80. The van der Waals surface area contributed by atoms with Gasteiger partial charge in [0.05, 0.1) is 0 Å². The molecule has 1 unspecified atom stereocenters. The Morgan fingerprint density at radius 1 is 1.20 bits per heavy atom. The van der Waals surface area contributed by atoms with Crippen molar-refractivity contribution in [1.82, 2.24) is 10.2 Å². The van der Waals surface area contributed by atoms with E-state index in [-0.39, 0.29) is 0 Å². The molecule has 0 aliphatic heterocycles. The minimum atomic E-state index is 0.455. The minimum Gasteiger partial charge on any atom is -0.309 e. The summed E-state index contributed by atoms with van der Waals surface area (Å²) >= 11 is 0. The van der Waals surface area contributed by atoms with Crippen LogP contribution in [0.25, 0.3) is 0 Å². The van der Waals surface area contributed by atoms with Gasteiger partial charge in [-0.2, -0.15) is 0 Å². The summed E-state index contributed by atoms with van der Waals surface area (Å²) in [6.45, 7) is 7.80. The fraction of sp³-hybridized carbons (Fsp3) is 0.667. The molecule has 0 heterocycles. The van der Waals surface area contributed by atoms with Gasteiger partial charge < -0.3 is 10.2 Å². The first-order valence-corrected chi connectivity index (χ1v) is 8.23. The molecule has 1 fully saturated rings. The van der Waals surface area contributed by atoms with Gasteiger partial charge in [-0.3, -0.25) is 0 Å². The summed E-state index contributed by atoms with van der Waals surface area (Å²) in [5, 5.41) is 3.63. The van der Waals surface area contributed by atoms with Gasteiger partial charge in [0.25, 0.3) is 0 Å². The molecule has 2 nitrogen and oxygen atoms in total. The summed E-state index contributed by atoms with van der Waals surface area (Å²) in [7, 11) is 2.27. The van der Waals surface area contributed by atoms with Crippen LogP contribution in [0.1, 0.15) is 50.3 Å². The zero-order valence-corrected chi connectivity index (χ0v) is 13.4. The van der Waals surface area contributed by atoms with Gasteiger partial charge in [0.15, 0.2) is 0 Å². The Morgan fingerprint density at radius 3 is 2.40 bits per heavy atom. The average molecular weight is 274 g/mol. The lowest BCUT2D eigenvalue weighted by Gasteiger charge is -2.32. The lowest BCUT2D eigenvalue weighted by molar-refractivity contribution is 0.192. The molecule has 112 valence electrons. The molecule has 0 aromatic heterocycles. The van der Waals surface area contributed by atoms with E-state index in [4.69, 9.17) is 0 Å². The van der Waals surface area contributed by atoms with E-state index in [1.807, 2.05) is 0 Å². The molecular weight excluding hydrogens is 244 g/mol. The van der Waals surface area contributed by atoms with E-state index < -0.39 is 0 Å². The number of likely N-dealkylation sites (N-methyl/N-ethyl adjacent to an activating group) is 2.